The lowest BCUT2D eigenvalue weighted by Crippen LogP contribution is -2.44. The molecule has 0 spiro atoms. The van der Waals surface area contributed by atoms with Gasteiger partial charge in [-0.05, 0) is 26.2 Å². The normalized spacial score (nSPS) is 21.2. The summed E-state index contributed by atoms with van der Waals surface area (Å²) in [7, 11) is 1.73. The van der Waals surface area contributed by atoms with Gasteiger partial charge >= 0.3 is 0 Å². The van der Waals surface area contributed by atoms with Gasteiger partial charge in [0.15, 0.2) is 0 Å². The molecule has 0 radical (unpaired) electrons. The molecule has 0 heterocycles. The van der Waals surface area contributed by atoms with Crippen LogP contribution in [0.2, 0.25) is 0 Å². The molecule has 3 nitrogen and oxygen atoms in total. The van der Waals surface area contributed by atoms with E-state index in [0.29, 0.717) is 6.04 Å². The van der Waals surface area contributed by atoms with E-state index >= 15 is 0 Å². The summed E-state index contributed by atoms with van der Waals surface area (Å²) in [6.07, 6.45) is 3.19. The first-order chi connectivity index (χ1) is 6.70. The van der Waals surface area contributed by atoms with Crippen LogP contribution in [0.4, 0.5) is 0 Å². The second kappa shape index (κ2) is 5.69. The molecular formula is C11H23NO2. The number of hydrogen-bond donors (Lipinski definition) is 1. The number of aliphatic hydroxyl groups is 1. The first kappa shape index (κ1) is 12.0. The Hall–Kier alpha value is -0.120. The predicted octanol–water partition coefficient (Wildman–Crippen LogP) is 1.26. The maximum atomic E-state index is 9.79. The molecule has 0 aliphatic heterocycles. The molecule has 1 aliphatic carbocycles. The summed E-state index contributed by atoms with van der Waals surface area (Å²) in [5, 5.41) is 9.79. The molecule has 1 fully saturated rings. The van der Waals surface area contributed by atoms with Crippen LogP contribution >= 0.6 is 0 Å². The van der Waals surface area contributed by atoms with Crippen LogP contribution in [-0.2, 0) is 4.74 Å². The predicted molar refractivity (Wildman–Crippen MR) is 57.4 cm³/mol. The van der Waals surface area contributed by atoms with Gasteiger partial charge in [-0.15, -0.1) is 0 Å². The maximum Gasteiger partial charge on any atom is 0.0690 e. The van der Waals surface area contributed by atoms with Crippen LogP contribution < -0.4 is 0 Å². The number of hydrogen-bond acceptors (Lipinski definition) is 3. The highest BCUT2D eigenvalue weighted by Crippen LogP contribution is 2.29. The zero-order chi connectivity index (χ0) is 10.6. The SMILES string of the molecule is CCC(O)C(C)N(CCOC)C1CC1. The number of rotatable bonds is 7. The summed E-state index contributed by atoms with van der Waals surface area (Å²) in [5.74, 6) is 0. The summed E-state index contributed by atoms with van der Waals surface area (Å²) in [6.45, 7) is 5.85. The molecule has 0 aromatic rings. The largest absolute Gasteiger partial charge is 0.392 e. The van der Waals surface area contributed by atoms with Gasteiger partial charge in [-0.2, -0.15) is 0 Å². The van der Waals surface area contributed by atoms with E-state index in [1.807, 2.05) is 6.92 Å². The van der Waals surface area contributed by atoms with E-state index in [1.165, 1.54) is 12.8 Å². The molecule has 0 amide bonds. The summed E-state index contributed by atoms with van der Waals surface area (Å²) in [6, 6.07) is 0.962. The fourth-order valence-corrected chi connectivity index (χ4v) is 1.88. The molecule has 0 bridgehead atoms. The van der Waals surface area contributed by atoms with Gasteiger partial charge in [0.05, 0.1) is 12.7 Å². The van der Waals surface area contributed by atoms with Gasteiger partial charge in [-0.3, -0.25) is 4.90 Å². The summed E-state index contributed by atoms with van der Waals surface area (Å²) < 4.78 is 5.09. The van der Waals surface area contributed by atoms with E-state index in [0.717, 1.165) is 19.6 Å². The van der Waals surface area contributed by atoms with Crippen molar-refractivity contribution >= 4 is 0 Å². The fraction of sp³-hybridized carbons (Fsp3) is 1.00. The van der Waals surface area contributed by atoms with Crippen molar-refractivity contribution in [1.29, 1.82) is 0 Å². The molecule has 0 aromatic carbocycles. The lowest BCUT2D eigenvalue weighted by atomic mass is 10.1. The monoisotopic (exact) mass is 201 g/mol. The van der Waals surface area contributed by atoms with Gasteiger partial charge in [-0.1, -0.05) is 6.92 Å². The molecular weight excluding hydrogens is 178 g/mol. The van der Waals surface area contributed by atoms with E-state index in [1.54, 1.807) is 7.11 Å². The van der Waals surface area contributed by atoms with E-state index in [-0.39, 0.29) is 12.1 Å². The third kappa shape index (κ3) is 3.23. The van der Waals surface area contributed by atoms with Gasteiger partial charge in [0.1, 0.15) is 0 Å². The molecule has 84 valence electrons. The van der Waals surface area contributed by atoms with Crippen LogP contribution in [-0.4, -0.2) is 48.5 Å². The highest BCUT2D eigenvalue weighted by Gasteiger charge is 2.33. The fourth-order valence-electron chi connectivity index (χ4n) is 1.88. The number of aliphatic hydroxyl groups excluding tert-OH is 1. The molecule has 0 saturated heterocycles. The zero-order valence-corrected chi connectivity index (χ0v) is 9.57. The van der Waals surface area contributed by atoms with E-state index in [9.17, 15) is 5.11 Å². The lowest BCUT2D eigenvalue weighted by molar-refractivity contribution is 0.0358. The van der Waals surface area contributed by atoms with Gasteiger partial charge in [0.25, 0.3) is 0 Å². The first-order valence-electron chi connectivity index (χ1n) is 5.63. The van der Waals surface area contributed by atoms with Gasteiger partial charge in [-0.25, -0.2) is 0 Å². The minimum atomic E-state index is -0.201. The Labute approximate surface area is 87.1 Å². The van der Waals surface area contributed by atoms with E-state index in [4.69, 9.17) is 4.74 Å². The minimum absolute atomic E-state index is 0.201. The van der Waals surface area contributed by atoms with Gasteiger partial charge in [0.2, 0.25) is 0 Å². The van der Waals surface area contributed by atoms with Gasteiger partial charge in [0, 0.05) is 25.7 Å². The van der Waals surface area contributed by atoms with Crippen molar-refractivity contribution in [3.8, 4) is 0 Å². The molecule has 1 aliphatic rings. The average molecular weight is 201 g/mol. The van der Waals surface area contributed by atoms with Crippen LogP contribution in [0.5, 0.6) is 0 Å². The van der Waals surface area contributed by atoms with Crippen molar-refractivity contribution in [1.82, 2.24) is 4.90 Å². The molecule has 14 heavy (non-hydrogen) atoms. The quantitative estimate of drug-likeness (QED) is 0.673. The van der Waals surface area contributed by atoms with Crippen LogP contribution in [0.25, 0.3) is 0 Å². The Morgan fingerprint density at radius 2 is 2.14 bits per heavy atom. The van der Waals surface area contributed by atoms with Crippen molar-refractivity contribution < 1.29 is 9.84 Å². The second-order valence-corrected chi connectivity index (χ2v) is 4.18. The first-order valence-corrected chi connectivity index (χ1v) is 5.63. The maximum absolute atomic E-state index is 9.79. The van der Waals surface area contributed by atoms with Crippen LogP contribution in [0.3, 0.4) is 0 Å². The number of nitrogens with zero attached hydrogens (tertiary/aromatic N) is 1. The lowest BCUT2D eigenvalue weighted by Gasteiger charge is -2.31. The Morgan fingerprint density at radius 1 is 1.50 bits per heavy atom. The third-order valence-electron chi connectivity index (χ3n) is 3.07. The topological polar surface area (TPSA) is 32.7 Å². The Kier molecular flexibility index (Phi) is 4.85. The smallest absolute Gasteiger partial charge is 0.0690 e. The standard InChI is InChI=1S/C11H23NO2/c1-4-11(13)9(2)12(7-8-14-3)10-5-6-10/h9-11,13H,4-8H2,1-3H3. The number of methoxy groups -OCH3 is 1. The zero-order valence-electron chi connectivity index (χ0n) is 9.57. The summed E-state index contributed by atoms with van der Waals surface area (Å²) in [4.78, 5) is 2.39. The Bertz CT molecular complexity index is 159. The second-order valence-electron chi connectivity index (χ2n) is 4.18. The van der Waals surface area contributed by atoms with Crippen molar-refractivity contribution in [2.75, 3.05) is 20.3 Å². The number of ether oxygens (including phenoxy) is 1. The van der Waals surface area contributed by atoms with Crippen LogP contribution in [0.1, 0.15) is 33.1 Å². The Morgan fingerprint density at radius 3 is 2.57 bits per heavy atom. The van der Waals surface area contributed by atoms with E-state index < -0.39 is 0 Å². The van der Waals surface area contributed by atoms with Gasteiger partial charge < -0.3 is 9.84 Å². The Balaban J connectivity index is 2.39. The minimum Gasteiger partial charge on any atom is -0.392 e. The third-order valence-corrected chi connectivity index (χ3v) is 3.07. The van der Waals surface area contributed by atoms with Crippen LogP contribution in [0.15, 0.2) is 0 Å². The van der Waals surface area contributed by atoms with Crippen molar-refractivity contribution in [3.63, 3.8) is 0 Å². The van der Waals surface area contributed by atoms with Crippen molar-refractivity contribution in [2.24, 2.45) is 0 Å². The molecule has 1 saturated carbocycles. The highest BCUT2D eigenvalue weighted by molar-refractivity contribution is 4.89. The molecule has 0 aromatic heterocycles. The molecule has 3 heteroatoms. The van der Waals surface area contributed by atoms with E-state index in [2.05, 4.69) is 11.8 Å². The molecule has 2 unspecified atom stereocenters. The van der Waals surface area contributed by atoms with Crippen LogP contribution in [0, 0.1) is 0 Å². The summed E-state index contributed by atoms with van der Waals surface area (Å²) in [5.41, 5.74) is 0. The molecule has 1 N–H and O–H groups in total. The highest BCUT2D eigenvalue weighted by atomic mass is 16.5. The molecule has 1 rings (SSSR count). The summed E-state index contributed by atoms with van der Waals surface area (Å²) >= 11 is 0. The van der Waals surface area contributed by atoms with Crippen molar-refractivity contribution in [2.45, 2.75) is 51.3 Å². The van der Waals surface area contributed by atoms with Crippen molar-refractivity contribution in [3.05, 3.63) is 0 Å². The molecule has 2 atom stereocenters. The average Bonchev–Trinajstić information content (AvgIpc) is 3.01.